The van der Waals surface area contributed by atoms with Gasteiger partial charge in [-0.05, 0) is 61.0 Å². The molecular formula is C21H22N4O3. The second-order valence-electron chi connectivity index (χ2n) is 6.37. The molecule has 28 heavy (non-hydrogen) atoms. The fraction of sp³-hybridized carbons (Fsp3) is 0.190. The minimum absolute atomic E-state index is 0.0602. The van der Waals surface area contributed by atoms with Gasteiger partial charge >= 0.3 is 0 Å². The van der Waals surface area contributed by atoms with E-state index in [1.54, 1.807) is 13.2 Å². The van der Waals surface area contributed by atoms with Crippen molar-refractivity contribution in [1.82, 2.24) is 10.3 Å². The molecule has 1 heterocycles. The molecule has 3 aromatic rings. The van der Waals surface area contributed by atoms with Gasteiger partial charge in [-0.15, -0.1) is 0 Å². The predicted molar refractivity (Wildman–Crippen MR) is 110 cm³/mol. The van der Waals surface area contributed by atoms with Crippen LogP contribution in [0.15, 0.2) is 48.5 Å². The van der Waals surface area contributed by atoms with Crippen molar-refractivity contribution in [2.24, 2.45) is 0 Å². The Bertz CT molecular complexity index is 1020. The number of benzene rings is 2. The van der Waals surface area contributed by atoms with E-state index in [-0.39, 0.29) is 18.4 Å². The lowest BCUT2D eigenvalue weighted by Gasteiger charge is -2.11. The van der Waals surface area contributed by atoms with Gasteiger partial charge in [0.1, 0.15) is 11.6 Å². The molecule has 1 aromatic heterocycles. The van der Waals surface area contributed by atoms with Crippen LogP contribution in [0.25, 0.3) is 10.9 Å². The average Bonchev–Trinajstić information content (AvgIpc) is 2.67. The Morgan fingerprint density at radius 2 is 1.75 bits per heavy atom. The monoisotopic (exact) mass is 378 g/mol. The van der Waals surface area contributed by atoms with E-state index in [4.69, 9.17) is 4.74 Å². The average molecular weight is 378 g/mol. The highest BCUT2D eigenvalue weighted by atomic mass is 16.5. The van der Waals surface area contributed by atoms with Crippen LogP contribution in [0.2, 0.25) is 0 Å². The summed E-state index contributed by atoms with van der Waals surface area (Å²) in [4.78, 5) is 27.4. The number of nitrogens with one attached hydrogen (secondary N) is 3. The van der Waals surface area contributed by atoms with Crippen LogP contribution in [0.1, 0.15) is 12.5 Å². The van der Waals surface area contributed by atoms with Gasteiger partial charge in [0.15, 0.2) is 0 Å². The van der Waals surface area contributed by atoms with Gasteiger partial charge in [0.25, 0.3) is 0 Å². The van der Waals surface area contributed by atoms with E-state index in [2.05, 4.69) is 20.9 Å². The number of carbonyl (C=O) groups is 2. The lowest BCUT2D eigenvalue weighted by molar-refractivity contribution is -0.122. The highest BCUT2D eigenvalue weighted by Crippen LogP contribution is 2.26. The number of hydrogen-bond acceptors (Lipinski definition) is 5. The summed E-state index contributed by atoms with van der Waals surface area (Å²) in [5.74, 6) is 1.00. The Hall–Kier alpha value is -3.61. The molecule has 7 heteroatoms. The van der Waals surface area contributed by atoms with Gasteiger partial charge in [0.05, 0.1) is 19.2 Å². The second-order valence-corrected chi connectivity index (χ2v) is 6.37. The fourth-order valence-electron chi connectivity index (χ4n) is 2.77. The van der Waals surface area contributed by atoms with E-state index in [0.717, 1.165) is 33.7 Å². The van der Waals surface area contributed by atoms with Gasteiger partial charge in [-0.1, -0.05) is 0 Å². The zero-order valence-corrected chi connectivity index (χ0v) is 16.0. The first kappa shape index (κ1) is 19.2. The van der Waals surface area contributed by atoms with Crippen molar-refractivity contribution in [2.75, 3.05) is 24.3 Å². The van der Waals surface area contributed by atoms with Crippen molar-refractivity contribution in [1.29, 1.82) is 0 Å². The zero-order valence-electron chi connectivity index (χ0n) is 16.0. The van der Waals surface area contributed by atoms with Gasteiger partial charge in [-0.25, -0.2) is 4.98 Å². The van der Waals surface area contributed by atoms with Crippen LogP contribution >= 0.6 is 0 Å². The van der Waals surface area contributed by atoms with Crippen molar-refractivity contribution >= 4 is 39.9 Å². The number of ether oxygens (including phenoxy) is 1. The van der Waals surface area contributed by atoms with E-state index in [0.29, 0.717) is 5.69 Å². The van der Waals surface area contributed by atoms with Crippen LogP contribution in [0, 0.1) is 6.92 Å². The largest absolute Gasteiger partial charge is 0.497 e. The first-order chi connectivity index (χ1) is 13.4. The highest BCUT2D eigenvalue weighted by Gasteiger charge is 2.07. The Balaban J connectivity index is 1.77. The number of fused-ring (bicyclic) bond motifs is 1. The zero-order chi connectivity index (χ0) is 20.1. The SMILES string of the molecule is COc1ccc(Nc2cc(C)c3cc(NC(=O)CNC(C)=O)ccc3n2)cc1. The Kier molecular flexibility index (Phi) is 5.74. The third-order valence-electron chi connectivity index (χ3n) is 4.16. The van der Waals surface area contributed by atoms with E-state index < -0.39 is 0 Å². The summed E-state index contributed by atoms with van der Waals surface area (Å²) < 4.78 is 5.17. The molecule has 0 aliphatic rings. The van der Waals surface area contributed by atoms with Crippen LogP contribution in [0.5, 0.6) is 5.75 Å². The van der Waals surface area contributed by atoms with Crippen molar-refractivity contribution in [3.05, 3.63) is 54.1 Å². The van der Waals surface area contributed by atoms with Gasteiger partial charge in [-0.3, -0.25) is 9.59 Å². The van der Waals surface area contributed by atoms with Crippen LogP contribution in [-0.4, -0.2) is 30.5 Å². The van der Waals surface area contributed by atoms with Crippen molar-refractivity contribution in [3.8, 4) is 5.75 Å². The molecule has 2 amide bonds. The molecule has 0 aliphatic carbocycles. The Morgan fingerprint density at radius 3 is 2.43 bits per heavy atom. The molecule has 0 unspecified atom stereocenters. The summed E-state index contributed by atoms with van der Waals surface area (Å²) in [5, 5.41) is 9.47. The number of anilines is 3. The number of hydrogen-bond donors (Lipinski definition) is 3. The van der Waals surface area contributed by atoms with Crippen LogP contribution < -0.4 is 20.7 Å². The first-order valence-corrected chi connectivity index (χ1v) is 8.81. The molecule has 3 rings (SSSR count). The van der Waals surface area contributed by atoms with Crippen LogP contribution in [0.3, 0.4) is 0 Å². The van der Waals surface area contributed by atoms with Gasteiger partial charge in [-0.2, -0.15) is 0 Å². The molecule has 144 valence electrons. The quantitative estimate of drug-likeness (QED) is 0.612. The molecule has 0 fully saturated rings. The summed E-state index contributed by atoms with van der Waals surface area (Å²) in [5.41, 5.74) is 3.41. The van der Waals surface area contributed by atoms with Crippen LogP contribution in [-0.2, 0) is 9.59 Å². The second kappa shape index (κ2) is 8.39. The number of aromatic nitrogens is 1. The molecule has 3 N–H and O–H groups in total. The molecule has 0 saturated heterocycles. The van der Waals surface area contributed by atoms with Crippen molar-refractivity contribution in [3.63, 3.8) is 0 Å². The van der Waals surface area contributed by atoms with E-state index in [9.17, 15) is 9.59 Å². The smallest absolute Gasteiger partial charge is 0.243 e. The lowest BCUT2D eigenvalue weighted by atomic mass is 10.1. The molecular weight excluding hydrogens is 356 g/mol. The topological polar surface area (TPSA) is 92.4 Å². The predicted octanol–water partition coefficient (Wildman–Crippen LogP) is 3.37. The number of methoxy groups -OCH3 is 1. The van der Waals surface area contributed by atoms with E-state index >= 15 is 0 Å². The lowest BCUT2D eigenvalue weighted by Crippen LogP contribution is -2.31. The third-order valence-corrected chi connectivity index (χ3v) is 4.16. The molecule has 0 saturated carbocycles. The van der Waals surface area contributed by atoms with Gasteiger partial charge in [0.2, 0.25) is 11.8 Å². The highest BCUT2D eigenvalue weighted by molar-refractivity contribution is 5.97. The number of nitrogens with zero attached hydrogens (tertiary/aromatic N) is 1. The summed E-state index contributed by atoms with van der Waals surface area (Å²) >= 11 is 0. The maximum Gasteiger partial charge on any atom is 0.243 e. The van der Waals surface area contributed by atoms with Gasteiger partial charge < -0.3 is 20.7 Å². The minimum Gasteiger partial charge on any atom is -0.497 e. The van der Waals surface area contributed by atoms with Crippen LogP contribution in [0.4, 0.5) is 17.2 Å². The number of pyridine rings is 1. The molecule has 0 bridgehead atoms. The summed E-state index contributed by atoms with van der Waals surface area (Å²) in [6.45, 7) is 3.30. The number of rotatable bonds is 6. The van der Waals surface area contributed by atoms with Crippen molar-refractivity contribution < 1.29 is 14.3 Å². The minimum atomic E-state index is -0.280. The molecule has 0 radical (unpaired) electrons. The maximum absolute atomic E-state index is 11.9. The summed E-state index contributed by atoms with van der Waals surface area (Å²) in [7, 11) is 1.63. The standard InChI is InChI=1S/C21H22N4O3/c1-13-10-20(23-15-4-7-17(28-3)8-5-15)25-19-9-6-16(11-18(13)19)24-21(27)12-22-14(2)26/h4-11H,12H2,1-3H3,(H,22,26)(H,23,25)(H,24,27). The number of carbonyl (C=O) groups excluding carboxylic acids is 2. The van der Waals surface area contributed by atoms with Crippen molar-refractivity contribution in [2.45, 2.75) is 13.8 Å². The fourth-order valence-corrected chi connectivity index (χ4v) is 2.77. The number of aryl methyl sites for hydroxylation is 1. The Morgan fingerprint density at radius 1 is 1.04 bits per heavy atom. The first-order valence-electron chi connectivity index (χ1n) is 8.81. The Labute approximate surface area is 163 Å². The number of amides is 2. The molecule has 0 atom stereocenters. The molecule has 7 nitrogen and oxygen atoms in total. The van der Waals surface area contributed by atoms with E-state index in [1.165, 1.54) is 6.92 Å². The maximum atomic E-state index is 11.9. The van der Waals surface area contributed by atoms with E-state index in [1.807, 2.05) is 49.4 Å². The normalized spacial score (nSPS) is 10.4. The summed E-state index contributed by atoms with van der Waals surface area (Å²) in [6.07, 6.45) is 0. The molecule has 2 aromatic carbocycles. The molecule has 0 aliphatic heterocycles. The van der Waals surface area contributed by atoms with Gasteiger partial charge in [0, 0.05) is 23.7 Å². The summed E-state index contributed by atoms with van der Waals surface area (Å²) in [6, 6.07) is 15.1. The molecule has 0 spiro atoms. The third kappa shape index (κ3) is 4.76.